The van der Waals surface area contributed by atoms with Gasteiger partial charge in [0.1, 0.15) is 0 Å². The normalized spacial score (nSPS) is 16.6. The number of aliphatic imine (C=N–C) groups is 2. The molecule has 2 nitrogen and oxygen atoms in total. The second kappa shape index (κ2) is 6.00. The largest absolute Gasteiger partial charge is 0.270 e. The van der Waals surface area contributed by atoms with E-state index in [4.69, 9.17) is 4.99 Å². The van der Waals surface area contributed by atoms with Crippen LogP contribution < -0.4 is 0 Å². The lowest BCUT2D eigenvalue weighted by Crippen LogP contribution is -2.11. The monoisotopic (exact) mass is 266 g/mol. The Morgan fingerprint density at radius 2 is 1.95 bits per heavy atom. The third-order valence-corrected chi connectivity index (χ3v) is 3.65. The number of benzene rings is 1. The molecule has 1 aromatic rings. The Balaban J connectivity index is 2.46. The molecule has 2 rings (SSSR count). The highest BCUT2D eigenvalue weighted by molar-refractivity contribution is 6.21. The number of nitrogens with zero attached hydrogens (tertiary/aromatic N) is 2. The van der Waals surface area contributed by atoms with Gasteiger partial charge in [-0.15, -0.1) is 0 Å². The average molecular weight is 266 g/mol. The number of allylic oxidation sites excluding steroid dienone is 2. The molecule has 1 aromatic carbocycles. The van der Waals surface area contributed by atoms with Crippen molar-refractivity contribution >= 4 is 11.5 Å². The molecule has 0 N–H and O–H groups in total. The number of amidine groups is 1. The SMILES string of the molecule is CCc1cc(C2=NC(=NC)C(=C(C)C)C=C2)ccc1C. The van der Waals surface area contributed by atoms with Crippen molar-refractivity contribution in [2.24, 2.45) is 9.98 Å². The van der Waals surface area contributed by atoms with Crippen molar-refractivity contribution < 1.29 is 0 Å². The summed E-state index contributed by atoms with van der Waals surface area (Å²) < 4.78 is 0. The summed E-state index contributed by atoms with van der Waals surface area (Å²) in [6, 6.07) is 6.54. The van der Waals surface area contributed by atoms with Crippen molar-refractivity contribution in [3.63, 3.8) is 0 Å². The van der Waals surface area contributed by atoms with Gasteiger partial charge in [-0.05, 0) is 56.5 Å². The van der Waals surface area contributed by atoms with E-state index in [9.17, 15) is 0 Å². The highest BCUT2D eigenvalue weighted by atomic mass is 14.9. The lowest BCUT2D eigenvalue weighted by atomic mass is 9.98. The first-order valence-electron chi connectivity index (χ1n) is 7.08. The van der Waals surface area contributed by atoms with E-state index in [1.54, 1.807) is 7.05 Å². The summed E-state index contributed by atoms with van der Waals surface area (Å²) in [5.41, 5.74) is 7.23. The maximum atomic E-state index is 4.70. The first kappa shape index (κ1) is 14.4. The molecule has 0 amide bonds. The summed E-state index contributed by atoms with van der Waals surface area (Å²) in [6.45, 7) is 8.52. The molecule has 1 aliphatic rings. The van der Waals surface area contributed by atoms with E-state index < -0.39 is 0 Å². The van der Waals surface area contributed by atoms with Gasteiger partial charge in [0.05, 0.1) is 5.71 Å². The Labute approximate surface area is 121 Å². The van der Waals surface area contributed by atoms with Crippen LogP contribution in [0.5, 0.6) is 0 Å². The topological polar surface area (TPSA) is 24.7 Å². The van der Waals surface area contributed by atoms with Crippen LogP contribution >= 0.6 is 0 Å². The van der Waals surface area contributed by atoms with Crippen molar-refractivity contribution in [1.82, 2.24) is 0 Å². The van der Waals surface area contributed by atoms with Gasteiger partial charge >= 0.3 is 0 Å². The van der Waals surface area contributed by atoms with E-state index in [1.165, 1.54) is 16.7 Å². The Hall–Kier alpha value is -1.96. The fourth-order valence-corrected chi connectivity index (χ4v) is 2.38. The predicted octanol–water partition coefficient (Wildman–Crippen LogP) is 4.28. The highest BCUT2D eigenvalue weighted by Gasteiger charge is 2.13. The van der Waals surface area contributed by atoms with Crippen LogP contribution in [-0.2, 0) is 6.42 Å². The number of aryl methyl sites for hydroxylation is 2. The lowest BCUT2D eigenvalue weighted by Gasteiger charge is -2.13. The minimum Gasteiger partial charge on any atom is -0.270 e. The molecule has 1 heterocycles. The summed E-state index contributed by atoms with van der Waals surface area (Å²) >= 11 is 0. The fraction of sp³-hybridized carbons (Fsp3) is 0.333. The molecular weight excluding hydrogens is 244 g/mol. The molecule has 0 bridgehead atoms. The number of dihydropyridines is 1. The molecule has 0 spiro atoms. The van der Waals surface area contributed by atoms with Gasteiger partial charge in [0, 0.05) is 18.2 Å². The molecule has 0 saturated heterocycles. The Bertz CT molecular complexity index is 639. The van der Waals surface area contributed by atoms with Crippen LogP contribution in [0.3, 0.4) is 0 Å². The van der Waals surface area contributed by atoms with E-state index in [0.717, 1.165) is 29.1 Å². The summed E-state index contributed by atoms with van der Waals surface area (Å²) in [5, 5.41) is 0. The minimum absolute atomic E-state index is 0.820. The average Bonchev–Trinajstić information content (AvgIpc) is 2.46. The van der Waals surface area contributed by atoms with Gasteiger partial charge in [-0.1, -0.05) is 24.6 Å². The van der Waals surface area contributed by atoms with E-state index >= 15 is 0 Å². The number of hydrogen-bond acceptors (Lipinski definition) is 1. The Morgan fingerprint density at radius 1 is 1.20 bits per heavy atom. The number of rotatable bonds is 2. The second-order valence-corrected chi connectivity index (χ2v) is 5.29. The van der Waals surface area contributed by atoms with Gasteiger partial charge in [-0.25, -0.2) is 4.99 Å². The molecule has 0 aliphatic carbocycles. The fourth-order valence-electron chi connectivity index (χ4n) is 2.38. The zero-order valence-corrected chi connectivity index (χ0v) is 13.0. The maximum absolute atomic E-state index is 4.70. The molecular formula is C18H22N2. The van der Waals surface area contributed by atoms with E-state index in [0.29, 0.717) is 0 Å². The van der Waals surface area contributed by atoms with E-state index in [2.05, 4.69) is 63.0 Å². The molecule has 104 valence electrons. The molecule has 0 radical (unpaired) electrons. The van der Waals surface area contributed by atoms with Gasteiger partial charge < -0.3 is 0 Å². The molecule has 1 aliphatic heterocycles. The Morgan fingerprint density at radius 3 is 2.55 bits per heavy atom. The van der Waals surface area contributed by atoms with Crippen molar-refractivity contribution in [1.29, 1.82) is 0 Å². The van der Waals surface area contributed by atoms with Crippen LogP contribution in [-0.4, -0.2) is 18.6 Å². The first-order chi connectivity index (χ1) is 9.56. The smallest absolute Gasteiger partial charge is 0.154 e. The summed E-state index contributed by atoms with van der Waals surface area (Å²) in [5.74, 6) is 0.820. The quantitative estimate of drug-likeness (QED) is 0.763. The van der Waals surface area contributed by atoms with Gasteiger partial charge in [0.25, 0.3) is 0 Å². The van der Waals surface area contributed by atoms with Crippen molar-refractivity contribution in [3.8, 4) is 0 Å². The number of hydrogen-bond donors (Lipinski definition) is 0. The molecule has 20 heavy (non-hydrogen) atoms. The van der Waals surface area contributed by atoms with Crippen molar-refractivity contribution in [3.05, 3.63) is 58.2 Å². The summed E-state index contributed by atoms with van der Waals surface area (Å²) in [6.07, 6.45) is 5.25. The van der Waals surface area contributed by atoms with Gasteiger partial charge in [0.15, 0.2) is 5.84 Å². The van der Waals surface area contributed by atoms with Crippen LogP contribution in [0.15, 0.2) is 51.5 Å². The summed E-state index contributed by atoms with van der Waals surface area (Å²) in [7, 11) is 1.80. The third kappa shape index (κ3) is 2.79. The van der Waals surface area contributed by atoms with E-state index in [-0.39, 0.29) is 0 Å². The van der Waals surface area contributed by atoms with Crippen LogP contribution in [0, 0.1) is 6.92 Å². The highest BCUT2D eigenvalue weighted by Crippen LogP contribution is 2.19. The molecule has 0 fully saturated rings. The molecule has 0 atom stereocenters. The zero-order valence-electron chi connectivity index (χ0n) is 13.0. The van der Waals surface area contributed by atoms with Gasteiger partial charge in [-0.2, -0.15) is 0 Å². The van der Waals surface area contributed by atoms with Crippen LogP contribution in [0.25, 0.3) is 0 Å². The van der Waals surface area contributed by atoms with Crippen LogP contribution in [0.1, 0.15) is 37.5 Å². The predicted molar refractivity (Wildman–Crippen MR) is 88.0 cm³/mol. The first-order valence-corrected chi connectivity index (χ1v) is 7.08. The molecule has 0 saturated carbocycles. The zero-order chi connectivity index (χ0) is 14.7. The van der Waals surface area contributed by atoms with Crippen molar-refractivity contribution in [2.75, 3.05) is 7.05 Å². The van der Waals surface area contributed by atoms with Crippen LogP contribution in [0.2, 0.25) is 0 Å². The third-order valence-electron chi connectivity index (χ3n) is 3.65. The minimum atomic E-state index is 0.820. The van der Waals surface area contributed by atoms with Gasteiger partial charge in [-0.3, -0.25) is 4.99 Å². The standard InChI is InChI=1S/C18H22N2/c1-6-14-11-15(8-7-13(14)4)17-10-9-16(12(2)3)18(19-5)20-17/h7-11H,6H2,1-5H3. The maximum Gasteiger partial charge on any atom is 0.154 e. The van der Waals surface area contributed by atoms with Crippen molar-refractivity contribution in [2.45, 2.75) is 34.1 Å². The molecule has 2 heteroatoms. The van der Waals surface area contributed by atoms with Crippen LogP contribution in [0.4, 0.5) is 0 Å². The summed E-state index contributed by atoms with van der Waals surface area (Å²) in [4.78, 5) is 9.01. The van der Waals surface area contributed by atoms with E-state index in [1.807, 2.05) is 0 Å². The lowest BCUT2D eigenvalue weighted by molar-refractivity contribution is 1.11. The molecule has 0 unspecified atom stereocenters. The Kier molecular flexibility index (Phi) is 4.33. The molecule has 0 aromatic heterocycles. The van der Waals surface area contributed by atoms with Gasteiger partial charge in [0.2, 0.25) is 0 Å². The second-order valence-electron chi connectivity index (χ2n) is 5.29.